The van der Waals surface area contributed by atoms with Gasteiger partial charge in [0, 0.05) is 11.0 Å². The fraction of sp³-hybridized carbons (Fsp3) is 0.556. The molecule has 8 heteroatoms. The number of hydrogen-bond donors (Lipinski definition) is 1. The number of ether oxygens (including phenoxy) is 3. The van der Waals surface area contributed by atoms with Crippen LogP contribution in [-0.4, -0.2) is 60.6 Å². The van der Waals surface area contributed by atoms with Crippen molar-refractivity contribution in [3.63, 3.8) is 0 Å². The highest BCUT2D eigenvalue weighted by Crippen LogP contribution is 2.31. The molecule has 7 nitrogen and oxygen atoms in total. The second-order valence-corrected chi connectivity index (χ2v) is 8.05. The van der Waals surface area contributed by atoms with E-state index >= 15 is 0 Å². The quantitative estimate of drug-likeness (QED) is 0.791. The van der Waals surface area contributed by atoms with E-state index in [1.54, 1.807) is 20.8 Å². The summed E-state index contributed by atoms with van der Waals surface area (Å²) in [6.07, 6.45) is -0.483. The van der Waals surface area contributed by atoms with Gasteiger partial charge in [-0.3, -0.25) is 0 Å². The topological polar surface area (TPSA) is 85.3 Å². The number of aliphatic carboxylic acids is 1. The van der Waals surface area contributed by atoms with Gasteiger partial charge in [0.25, 0.3) is 0 Å². The highest BCUT2D eigenvalue weighted by Gasteiger charge is 2.40. The summed E-state index contributed by atoms with van der Waals surface area (Å²) >= 11 is 3.38. The Morgan fingerprint density at radius 2 is 1.96 bits per heavy atom. The molecule has 144 valence electrons. The van der Waals surface area contributed by atoms with E-state index in [9.17, 15) is 9.59 Å². The lowest BCUT2D eigenvalue weighted by molar-refractivity contribution is -0.155. The second-order valence-electron chi connectivity index (χ2n) is 7.14. The van der Waals surface area contributed by atoms with Crippen LogP contribution in [0.5, 0.6) is 0 Å². The average Bonchev–Trinajstić information content (AvgIpc) is 2.76. The van der Waals surface area contributed by atoms with Crippen molar-refractivity contribution in [1.82, 2.24) is 4.90 Å². The monoisotopic (exact) mass is 429 g/mol. The Labute approximate surface area is 161 Å². The van der Waals surface area contributed by atoms with Crippen LogP contribution in [-0.2, 0) is 24.6 Å². The average molecular weight is 430 g/mol. The molecule has 0 spiro atoms. The number of rotatable bonds is 4. The molecule has 1 amide bonds. The van der Waals surface area contributed by atoms with E-state index in [-0.39, 0.29) is 13.2 Å². The number of carbonyl (C=O) groups excluding carboxylic acids is 1. The largest absolute Gasteiger partial charge is 0.480 e. The SMILES string of the molecule is CC(C)(C)OC(=O)N1CCOCC(OCC(=O)O)(c2ccc(Br)cc2)C1. The van der Waals surface area contributed by atoms with E-state index in [0.29, 0.717) is 13.2 Å². The zero-order chi connectivity index (χ0) is 19.4. The maximum absolute atomic E-state index is 12.5. The van der Waals surface area contributed by atoms with Gasteiger partial charge < -0.3 is 24.2 Å². The molecule has 1 unspecified atom stereocenters. The van der Waals surface area contributed by atoms with Crippen molar-refractivity contribution < 1.29 is 28.9 Å². The molecule has 0 aromatic heterocycles. The first kappa shape index (κ1) is 20.7. The van der Waals surface area contributed by atoms with Gasteiger partial charge in [-0.1, -0.05) is 28.1 Å². The normalized spacial score (nSPS) is 21.2. The smallest absolute Gasteiger partial charge is 0.410 e. The Kier molecular flexibility index (Phi) is 6.65. The molecule has 1 fully saturated rings. The number of carboxylic acid groups (broad SMARTS) is 1. The Morgan fingerprint density at radius 1 is 1.31 bits per heavy atom. The van der Waals surface area contributed by atoms with E-state index in [0.717, 1.165) is 10.0 Å². The molecular weight excluding hydrogens is 406 g/mol. The van der Waals surface area contributed by atoms with Gasteiger partial charge in [-0.15, -0.1) is 0 Å². The van der Waals surface area contributed by atoms with E-state index < -0.39 is 29.9 Å². The van der Waals surface area contributed by atoms with Crippen molar-refractivity contribution in [3.8, 4) is 0 Å². The van der Waals surface area contributed by atoms with Gasteiger partial charge >= 0.3 is 12.1 Å². The lowest BCUT2D eigenvalue weighted by Gasteiger charge is -2.36. The first-order valence-electron chi connectivity index (χ1n) is 8.29. The fourth-order valence-corrected chi connectivity index (χ4v) is 2.89. The molecule has 1 atom stereocenters. The van der Waals surface area contributed by atoms with Crippen LogP contribution >= 0.6 is 15.9 Å². The lowest BCUT2D eigenvalue weighted by atomic mass is 9.93. The predicted molar refractivity (Wildman–Crippen MR) is 98.0 cm³/mol. The summed E-state index contributed by atoms with van der Waals surface area (Å²) in [7, 11) is 0. The predicted octanol–water partition coefficient (Wildman–Crippen LogP) is 3.01. The molecule has 1 aromatic rings. The van der Waals surface area contributed by atoms with Crippen LogP contribution in [0.15, 0.2) is 28.7 Å². The zero-order valence-corrected chi connectivity index (χ0v) is 16.7. The molecule has 0 aliphatic carbocycles. The molecule has 1 heterocycles. The number of benzene rings is 1. The van der Waals surface area contributed by atoms with Crippen LogP contribution in [0, 0.1) is 0 Å². The minimum atomic E-state index is -1.09. The van der Waals surface area contributed by atoms with Crippen LogP contribution in [0.3, 0.4) is 0 Å². The van der Waals surface area contributed by atoms with Gasteiger partial charge in [-0.05, 0) is 38.5 Å². The summed E-state index contributed by atoms with van der Waals surface area (Å²) in [5.74, 6) is -1.09. The lowest BCUT2D eigenvalue weighted by Crippen LogP contribution is -2.48. The van der Waals surface area contributed by atoms with E-state index in [2.05, 4.69) is 15.9 Å². The Bertz CT molecular complexity index is 642. The van der Waals surface area contributed by atoms with Crippen molar-refractivity contribution in [1.29, 1.82) is 0 Å². The Balaban J connectivity index is 2.33. The summed E-state index contributed by atoms with van der Waals surface area (Å²) < 4.78 is 17.8. The van der Waals surface area contributed by atoms with Gasteiger partial charge in [0.15, 0.2) is 0 Å². The summed E-state index contributed by atoms with van der Waals surface area (Å²) in [5, 5.41) is 9.07. The molecule has 1 aliphatic rings. The van der Waals surface area contributed by atoms with Gasteiger partial charge in [-0.25, -0.2) is 9.59 Å². The molecule has 0 radical (unpaired) electrons. The minimum absolute atomic E-state index is 0.136. The molecule has 1 N–H and O–H groups in total. The Morgan fingerprint density at radius 3 is 2.54 bits per heavy atom. The Hall–Kier alpha value is -1.64. The van der Waals surface area contributed by atoms with E-state index in [4.69, 9.17) is 19.3 Å². The maximum atomic E-state index is 12.5. The van der Waals surface area contributed by atoms with Crippen molar-refractivity contribution in [3.05, 3.63) is 34.3 Å². The number of halogens is 1. The zero-order valence-electron chi connectivity index (χ0n) is 15.2. The molecule has 1 aromatic carbocycles. The van der Waals surface area contributed by atoms with Crippen LogP contribution < -0.4 is 0 Å². The van der Waals surface area contributed by atoms with Crippen LogP contribution in [0.4, 0.5) is 4.79 Å². The third-order valence-corrected chi connectivity index (χ3v) is 4.31. The van der Waals surface area contributed by atoms with Crippen LogP contribution in [0.2, 0.25) is 0 Å². The third-order valence-electron chi connectivity index (χ3n) is 3.78. The number of amides is 1. The molecule has 2 rings (SSSR count). The molecule has 1 aliphatic heterocycles. The highest BCUT2D eigenvalue weighted by molar-refractivity contribution is 9.10. The molecule has 26 heavy (non-hydrogen) atoms. The van der Waals surface area contributed by atoms with Gasteiger partial charge in [-0.2, -0.15) is 0 Å². The standard InChI is InChI=1S/C18H24BrNO6/c1-17(2,3)26-16(23)20-8-9-24-12-18(11-20,25-10-15(21)22)13-4-6-14(19)7-5-13/h4-7H,8-12H2,1-3H3,(H,21,22). The molecular formula is C18H24BrNO6. The number of carboxylic acids is 1. The van der Waals surface area contributed by atoms with Crippen LogP contribution in [0.1, 0.15) is 26.3 Å². The van der Waals surface area contributed by atoms with Crippen molar-refractivity contribution >= 4 is 28.0 Å². The maximum Gasteiger partial charge on any atom is 0.410 e. The first-order valence-corrected chi connectivity index (χ1v) is 9.08. The van der Waals surface area contributed by atoms with Gasteiger partial charge in [0.05, 0.1) is 19.8 Å². The summed E-state index contributed by atoms with van der Waals surface area (Å²) in [6, 6.07) is 7.33. The highest BCUT2D eigenvalue weighted by atomic mass is 79.9. The van der Waals surface area contributed by atoms with Crippen molar-refractivity contribution in [2.24, 2.45) is 0 Å². The van der Waals surface area contributed by atoms with Crippen molar-refractivity contribution in [2.75, 3.05) is 32.9 Å². The van der Waals surface area contributed by atoms with Crippen molar-refractivity contribution in [2.45, 2.75) is 32.0 Å². The second kappa shape index (κ2) is 8.37. The number of nitrogens with zero attached hydrogens (tertiary/aromatic N) is 1. The number of hydrogen-bond acceptors (Lipinski definition) is 5. The summed E-state index contributed by atoms with van der Waals surface area (Å²) in [5.41, 5.74) is -0.990. The summed E-state index contributed by atoms with van der Waals surface area (Å²) in [4.78, 5) is 25.1. The molecule has 0 bridgehead atoms. The fourth-order valence-electron chi connectivity index (χ4n) is 2.63. The molecule has 1 saturated heterocycles. The summed E-state index contributed by atoms with van der Waals surface area (Å²) in [6.45, 7) is 5.81. The number of carbonyl (C=O) groups is 2. The van der Waals surface area contributed by atoms with E-state index in [1.165, 1.54) is 4.90 Å². The third kappa shape index (κ3) is 5.69. The van der Waals surface area contributed by atoms with Gasteiger partial charge in [0.1, 0.15) is 17.8 Å². The molecule has 0 saturated carbocycles. The van der Waals surface area contributed by atoms with Gasteiger partial charge in [0.2, 0.25) is 0 Å². The minimum Gasteiger partial charge on any atom is -0.480 e. The van der Waals surface area contributed by atoms with E-state index in [1.807, 2.05) is 24.3 Å². The van der Waals surface area contributed by atoms with Crippen LogP contribution in [0.25, 0.3) is 0 Å². The first-order chi connectivity index (χ1) is 12.1.